The number of nitrogens with one attached hydrogen (secondary N) is 2. The van der Waals surface area contributed by atoms with Gasteiger partial charge in [0.1, 0.15) is 0 Å². The highest BCUT2D eigenvalue weighted by Crippen LogP contribution is 2.49. The van der Waals surface area contributed by atoms with Crippen molar-refractivity contribution in [3.63, 3.8) is 0 Å². The molecule has 4 rings (SSSR count). The van der Waals surface area contributed by atoms with Crippen molar-refractivity contribution in [3.05, 3.63) is 53.1 Å². The first-order valence-electron chi connectivity index (χ1n) is 9.44. The number of benzene rings is 2. The van der Waals surface area contributed by atoms with Crippen molar-refractivity contribution >= 4 is 21.8 Å². The Hall–Kier alpha value is -1.34. The Labute approximate surface area is 166 Å². The third-order valence-electron chi connectivity index (χ3n) is 5.68. The predicted octanol–water partition coefficient (Wildman–Crippen LogP) is 3.82. The molecule has 0 unspecified atom stereocenters. The molecule has 0 amide bonds. The predicted molar refractivity (Wildman–Crippen MR) is 110 cm³/mol. The molecule has 0 bridgehead atoms. The van der Waals surface area contributed by atoms with Gasteiger partial charge in [-0.3, -0.25) is 0 Å². The highest BCUT2D eigenvalue weighted by molar-refractivity contribution is 7.99. The number of piperidine rings is 1. The molecule has 2 N–H and O–H groups in total. The molecule has 1 saturated heterocycles. The summed E-state index contributed by atoms with van der Waals surface area (Å²) in [7, 11) is -3.53. The molecule has 2 aliphatic heterocycles. The Kier molecular flexibility index (Phi) is 4.87. The SMILES string of the molecule is Cc1cc2c(cc1S(=O)(=O)NC1CCNCC1)Sc1ccccc1C2(C)C. The summed E-state index contributed by atoms with van der Waals surface area (Å²) >= 11 is 1.67. The lowest BCUT2D eigenvalue weighted by molar-refractivity contribution is 0.427. The minimum Gasteiger partial charge on any atom is -0.317 e. The third-order valence-corrected chi connectivity index (χ3v) is 8.48. The van der Waals surface area contributed by atoms with Crippen LogP contribution in [0.4, 0.5) is 0 Å². The minimum atomic E-state index is -3.53. The smallest absolute Gasteiger partial charge is 0.241 e. The van der Waals surface area contributed by atoms with Crippen LogP contribution in [-0.2, 0) is 15.4 Å². The zero-order valence-corrected chi connectivity index (χ0v) is 17.6. The van der Waals surface area contributed by atoms with Crippen molar-refractivity contribution in [2.24, 2.45) is 0 Å². The first-order chi connectivity index (χ1) is 12.8. The first-order valence-corrected chi connectivity index (χ1v) is 11.7. The second-order valence-corrected chi connectivity index (χ2v) is 10.7. The highest BCUT2D eigenvalue weighted by atomic mass is 32.2. The van der Waals surface area contributed by atoms with Gasteiger partial charge in [-0.05, 0) is 61.7 Å². The monoisotopic (exact) mass is 402 g/mol. The highest BCUT2D eigenvalue weighted by Gasteiger charge is 2.34. The standard InChI is InChI=1S/C21H26N2O2S2/c1-14-12-17-19(26-18-7-5-4-6-16(18)21(17,2)3)13-20(14)27(24,25)23-15-8-10-22-11-9-15/h4-7,12-13,15,22-23H,8-11H2,1-3H3. The molecule has 2 aromatic rings. The minimum absolute atomic E-state index is 0.0107. The summed E-state index contributed by atoms with van der Waals surface area (Å²) < 4.78 is 29.1. The molecule has 27 heavy (non-hydrogen) atoms. The number of sulfonamides is 1. The van der Waals surface area contributed by atoms with Crippen molar-refractivity contribution in [2.75, 3.05) is 13.1 Å². The van der Waals surface area contributed by atoms with Gasteiger partial charge >= 0.3 is 0 Å². The molecular formula is C21H26N2O2S2. The van der Waals surface area contributed by atoms with E-state index in [9.17, 15) is 8.42 Å². The number of rotatable bonds is 3. The van der Waals surface area contributed by atoms with Crippen LogP contribution in [0, 0.1) is 6.92 Å². The van der Waals surface area contributed by atoms with Gasteiger partial charge in [0.25, 0.3) is 0 Å². The summed E-state index contributed by atoms with van der Waals surface area (Å²) in [4.78, 5) is 2.64. The summed E-state index contributed by atoms with van der Waals surface area (Å²) in [6.45, 7) is 8.05. The molecule has 1 fully saturated rings. The molecule has 2 aromatic carbocycles. The van der Waals surface area contributed by atoms with Gasteiger partial charge in [-0.1, -0.05) is 49.9 Å². The molecule has 0 aliphatic carbocycles. The largest absolute Gasteiger partial charge is 0.317 e. The van der Waals surface area contributed by atoms with E-state index in [1.165, 1.54) is 16.0 Å². The molecule has 0 aromatic heterocycles. The van der Waals surface area contributed by atoms with Crippen LogP contribution in [-0.4, -0.2) is 27.5 Å². The number of hydrogen-bond acceptors (Lipinski definition) is 4. The Morgan fingerprint density at radius 1 is 1.07 bits per heavy atom. The molecule has 0 spiro atoms. The van der Waals surface area contributed by atoms with Gasteiger partial charge in [-0.2, -0.15) is 0 Å². The summed E-state index contributed by atoms with van der Waals surface area (Å²) in [6.07, 6.45) is 1.66. The van der Waals surface area contributed by atoms with Crippen LogP contribution in [0.5, 0.6) is 0 Å². The topological polar surface area (TPSA) is 58.2 Å². The first kappa shape index (κ1) is 19.0. The van der Waals surface area contributed by atoms with Gasteiger partial charge in [0.2, 0.25) is 10.0 Å². The normalized spacial score (nSPS) is 19.4. The van der Waals surface area contributed by atoms with E-state index in [0.717, 1.165) is 36.4 Å². The fourth-order valence-electron chi connectivity index (χ4n) is 4.09. The average Bonchev–Trinajstić information content (AvgIpc) is 2.63. The van der Waals surface area contributed by atoms with E-state index in [1.807, 2.05) is 19.1 Å². The summed E-state index contributed by atoms with van der Waals surface area (Å²) in [6, 6.07) is 12.3. The fourth-order valence-corrected chi connectivity index (χ4v) is 7.14. The molecule has 0 radical (unpaired) electrons. The summed E-state index contributed by atoms with van der Waals surface area (Å²) in [5.41, 5.74) is 3.16. The molecule has 2 heterocycles. The number of aryl methyl sites for hydroxylation is 1. The average molecular weight is 403 g/mol. The van der Waals surface area contributed by atoms with E-state index in [0.29, 0.717) is 4.90 Å². The molecule has 144 valence electrons. The van der Waals surface area contributed by atoms with Crippen LogP contribution in [0.25, 0.3) is 0 Å². The lowest BCUT2D eigenvalue weighted by Gasteiger charge is -2.35. The van der Waals surface area contributed by atoms with Crippen molar-refractivity contribution in [3.8, 4) is 0 Å². The molecular weight excluding hydrogens is 376 g/mol. The Bertz CT molecular complexity index is 978. The van der Waals surface area contributed by atoms with E-state index < -0.39 is 10.0 Å². The maximum Gasteiger partial charge on any atom is 0.241 e. The van der Waals surface area contributed by atoms with Gasteiger partial charge in [0.05, 0.1) is 4.90 Å². The summed E-state index contributed by atoms with van der Waals surface area (Å²) in [5, 5.41) is 3.27. The summed E-state index contributed by atoms with van der Waals surface area (Å²) in [5.74, 6) is 0. The lowest BCUT2D eigenvalue weighted by Crippen LogP contribution is -2.42. The van der Waals surface area contributed by atoms with Gasteiger partial charge in [0.15, 0.2) is 0 Å². The van der Waals surface area contributed by atoms with Gasteiger partial charge in [-0.15, -0.1) is 0 Å². The van der Waals surface area contributed by atoms with E-state index in [-0.39, 0.29) is 11.5 Å². The fraction of sp³-hybridized carbons (Fsp3) is 0.429. The van der Waals surface area contributed by atoms with Crippen LogP contribution in [0.2, 0.25) is 0 Å². The zero-order valence-electron chi connectivity index (χ0n) is 16.0. The number of hydrogen-bond donors (Lipinski definition) is 2. The third kappa shape index (κ3) is 3.44. The van der Waals surface area contributed by atoms with Crippen molar-refractivity contribution in [1.82, 2.24) is 10.0 Å². The van der Waals surface area contributed by atoms with Crippen molar-refractivity contribution < 1.29 is 8.42 Å². The Morgan fingerprint density at radius 2 is 1.78 bits per heavy atom. The molecule has 2 aliphatic rings. The Morgan fingerprint density at radius 3 is 2.52 bits per heavy atom. The zero-order chi connectivity index (χ0) is 19.2. The molecule has 6 heteroatoms. The van der Waals surface area contributed by atoms with Gasteiger partial charge in [-0.25, -0.2) is 13.1 Å². The van der Waals surface area contributed by atoms with Gasteiger partial charge in [0, 0.05) is 21.2 Å². The maximum atomic E-state index is 13.1. The Balaban J connectivity index is 1.74. The van der Waals surface area contributed by atoms with E-state index in [1.54, 1.807) is 11.8 Å². The van der Waals surface area contributed by atoms with E-state index in [4.69, 9.17) is 0 Å². The molecule has 0 saturated carbocycles. The number of fused-ring (bicyclic) bond motifs is 2. The van der Waals surface area contributed by atoms with E-state index >= 15 is 0 Å². The maximum absolute atomic E-state index is 13.1. The molecule has 0 atom stereocenters. The van der Waals surface area contributed by atoms with E-state index in [2.05, 4.69) is 48.2 Å². The van der Waals surface area contributed by atoms with Crippen LogP contribution in [0.1, 0.15) is 43.4 Å². The van der Waals surface area contributed by atoms with Crippen LogP contribution >= 0.6 is 11.8 Å². The van der Waals surface area contributed by atoms with Crippen molar-refractivity contribution in [1.29, 1.82) is 0 Å². The van der Waals surface area contributed by atoms with Crippen LogP contribution in [0.3, 0.4) is 0 Å². The second-order valence-electron chi connectivity index (χ2n) is 7.98. The molecule has 4 nitrogen and oxygen atoms in total. The van der Waals surface area contributed by atoms with Crippen LogP contribution in [0.15, 0.2) is 51.1 Å². The van der Waals surface area contributed by atoms with Gasteiger partial charge < -0.3 is 5.32 Å². The second kappa shape index (κ2) is 6.92. The van der Waals surface area contributed by atoms with Crippen LogP contribution < -0.4 is 10.0 Å². The van der Waals surface area contributed by atoms with Crippen molar-refractivity contribution in [2.45, 2.75) is 59.8 Å². The lowest BCUT2D eigenvalue weighted by atomic mass is 9.77. The quantitative estimate of drug-likeness (QED) is 0.820.